The third-order valence-corrected chi connectivity index (χ3v) is 8.98. The van der Waals surface area contributed by atoms with Crippen molar-refractivity contribution in [1.82, 2.24) is 0 Å². The summed E-state index contributed by atoms with van der Waals surface area (Å²) in [6.45, 7) is 15.1. The molecule has 0 fully saturated rings. The van der Waals surface area contributed by atoms with Crippen LogP contribution < -0.4 is 20.1 Å². The molecule has 54 heavy (non-hydrogen) atoms. The molecule has 4 rings (SSSR count). The summed E-state index contributed by atoms with van der Waals surface area (Å²) in [5.41, 5.74) is 6.12. The highest BCUT2D eigenvalue weighted by Gasteiger charge is 2.23. The maximum absolute atomic E-state index is 12.6. The van der Waals surface area contributed by atoms with E-state index in [-0.39, 0.29) is 28.5 Å². The summed E-state index contributed by atoms with van der Waals surface area (Å²) < 4.78 is 11.5. The van der Waals surface area contributed by atoms with Gasteiger partial charge in [-0.15, -0.1) is 6.58 Å². The van der Waals surface area contributed by atoms with Crippen molar-refractivity contribution >= 4 is 35.1 Å². The van der Waals surface area contributed by atoms with Crippen LogP contribution in [0.5, 0.6) is 23.0 Å². The number of rotatable bonds is 18. The van der Waals surface area contributed by atoms with E-state index in [0.29, 0.717) is 42.3 Å². The van der Waals surface area contributed by atoms with E-state index in [1.165, 1.54) is 6.08 Å². The molecule has 4 aromatic carbocycles. The van der Waals surface area contributed by atoms with Crippen LogP contribution in [-0.2, 0) is 11.8 Å². The monoisotopic (exact) mass is 732 g/mol. The molecule has 4 aromatic rings. The second kappa shape index (κ2) is 21.1. The minimum Gasteiger partial charge on any atom is -0.508 e. The van der Waals surface area contributed by atoms with Crippen LogP contribution in [0.2, 0.25) is 0 Å². The van der Waals surface area contributed by atoms with Gasteiger partial charge < -0.3 is 30.3 Å². The topological polar surface area (TPSA) is 117 Å². The molecule has 0 saturated carbocycles. The van der Waals surface area contributed by atoms with E-state index in [0.717, 1.165) is 52.9 Å². The van der Waals surface area contributed by atoms with Gasteiger partial charge in [0.25, 0.3) is 0 Å². The molecular formula is C46H56N2O6. The van der Waals surface area contributed by atoms with Gasteiger partial charge in [0.15, 0.2) is 11.6 Å². The van der Waals surface area contributed by atoms with Gasteiger partial charge in [-0.2, -0.15) is 0 Å². The summed E-state index contributed by atoms with van der Waals surface area (Å²) in [5, 5.41) is 26.7. The zero-order chi connectivity index (χ0) is 39.7. The van der Waals surface area contributed by atoms with Crippen molar-refractivity contribution in [3.05, 3.63) is 131 Å². The Morgan fingerprint density at radius 1 is 0.704 bits per heavy atom. The number of hydrogen-bond donors (Lipinski definition) is 4. The van der Waals surface area contributed by atoms with Crippen molar-refractivity contribution in [2.75, 3.05) is 37.9 Å². The molecule has 0 saturated heterocycles. The zero-order valence-corrected chi connectivity index (χ0v) is 32.8. The highest BCUT2D eigenvalue weighted by Crippen LogP contribution is 2.38. The summed E-state index contributed by atoms with van der Waals surface area (Å²) in [5.74, 6) is 1.38. The summed E-state index contributed by atoms with van der Waals surface area (Å²) in [4.78, 5) is 25.0. The van der Waals surface area contributed by atoms with E-state index in [1.54, 1.807) is 60.7 Å². The summed E-state index contributed by atoms with van der Waals surface area (Å²) in [6.07, 6.45) is 11.5. The van der Waals surface area contributed by atoms with Crippen LogP contribution in [0.1, 0.15) is 96.9 Å². The Bertz CT molecular complexity index is 1910. The number of phenolic OH excluding ortho intramolecular Hbond substituents is 2. The van der Waals surface area contributed by atoms with Crippen molar-refractivity contribution in [2.24, 2.45) is 0 Å². The van der Waals surface area contributed by atoms with Crippen molar-refractivity contribution in [3.8, 4) is 23.0 Å². The van der Waals surface area contributed by atoms with Crippen LogP contribution in [0.15, 0.2) is 97.6 Å². The average Bonchev–Trinajstić information content (AvgIpc) is 3.19. The lowest BCUT2D eigenvalue weighted by atomic mass is 9.81. The molecule has 0 unspecified atom stereocenters. The predicted molar refractivity (Wildman–Crippen MR) is 224 cm³/mol. The van der Waals surface area contributed by atoms with Gasteiger partial charge in [-0.1, -0.05) is 40.7 Å². The number of carbonyl (C=O) groups excluding carboxylic acids is 2. The molecule has 0 atom stereocenters. The fourth-order valence-corrected chi connectivity index (χ4v) is 5.33. The van der Waals surface area contributed by atoms with Gasteiger partial charge in [-0.25, -0.2) is 0 Å². The Hall–Kier alpha value is -5.76. The smallest absolute Gasteiger partial charge is 0.185 e. The quantitative estimate of drug-likeness (QED) is 0.0454. The first-order valence-electron chi connectivity index (χ1n) is 18.5. The SMILES string of the molecule is C=CCc1cc(/C=C/C(=O)c2ccc(NC)cc2)c(OCCC)cc1O.CCCOc1cc(O)c(C(C)(C)CC)cc1/C=C/C(=O)c1ccc(NC)cc1. The van der Waals surface area contributed by atoms with Gasteiger partial charge in [-0.05, 0) is 122 Å². The molecule has 4 N–H and O–H groups in total. The van der Waals surface area contributed by atoms with Crippen molar-refractivity contribution < 1.29 is 29.3 Å². The molecule has 8 heteroatoms. The second-order valence-corrected chi connectivity index (χ2v) is 13.4. The number of carbonyl (C=O) groups is 2. The normalized spacial score (nSPS) is 11.2. The molecule has 0 heterocycles. The van der Waals surface area contributed by atoms with Crippen LogP contribution in [0, 0.1) is 0 Å². The van der Waals surface area contributed by atoms with Crippen molar-refractivity contribution in [2.45, 2.75) is 65.7 Å². The zero-order valence-electron chi connectivity index (χ0n) is 32.8. The molecule has 286 valence electrons. The Morgan fingerprint density at radius 2 is 1.15 bits per heavy atom. The maximum Gasteiger partial charge on any atom is 0.185 e. The predicted octanol–water partition coefficient (Wildman–Crippen LogP) is 10.7. The fraction of sp³-hybridized carbons (Fsp3) is 0.304. The van der Waals surface area contributed by atoms with Crippen LogP contribution in [0.4, 0.5) is 11.4 Å². The summed E-state index contributed by atoms with van der Waals surface area (Å²) >= 11 is 0. The van der Waals surface area contributed by atoms with Crippen molar-refractivity contribution in [3.63, 3.8) is 0 Å². The van der Waals surface area contributed by atoms with Crippen LogP contribution in [-0.4, -0.2) is 49.1 Å². The molecule has 8 nitrogen and oxygen atoms in total. The Kier molecular flexibility index (Phi) is 16.6. The molecule has 0 amide bonds. The molecule has 0 spiro atoms. The fourth-order valence-electron chi connectivity index (χ4n) is 5.33. The van der Waals surface area contributed by atoms with Crippen LogP contribution in [0.25, 0.3) is 12.2 Å². The lowest BCUT2D eigenvalue weighted by Gasteiger charge is -2.25. The van der Waals surface area contributed by atoms with E-state index >= 15 is 0 Å². The third kappa shape index (κ3) is 12.2. The number of ketones is 2. The van der Waals surface area contributed by atoms with E-state index in [9.17, 15) is 19.8 Å². The van der Waals surface area contributed by atoms with Crippen LogP contribution in [0.3, 0.4) is 0 Å². The van der Waals surface area contributed by atoms with E-state index in [4.69, 9.17) is 9.47 Å². The standard InChI is InChI=1S/C24H31NO3.C22H25NO3/c1-6-14-28-23-16-22(27)20(24(3,4)7-2)15-18(23)10-13-21(26)17-8-11-19(25-5)12-9-17;1-4-6-17-14-18(22(15-21(17)25)26-13-5-2)9-12-20(24)16-7-10-19(23-3)11-8-16/h8-13,15-16,25,27H,6-7,14H2,1-5H3;4,7-12,14-15,23,25H,1,5-6,13H2,2-3H3/b13-10+;12-9+. The van der Waals surface area contributed by atoms with Crippen molar-refractivity contribution in [1.29, 1.82) is 0 Å². The van der Waals surface area contributed by atoms with E-state index in [2.05, 4.69) is 38.0 Å². The molecule has 0 radical (unpaired) electrons. The lowest BCUT2D eigenvalue weighted by Crippen LogP contribution is -2.16. The van der Waals surface area contributed by atoms with Gasteiger partial charge in [0.1, 0.15) is 23.0 Å². The highest BCUT2D eigenvalue weighted by molar-refractivity contribution is 6.07. The van der Waals surface area contributed by atoms with E-state index < -0.39 is 0 Å². The first-order valence-corrected chi connectivity index (χ1v) is 18.5. The van der Waals surface area contributed by atoms with Gasteiger partial charge in [0.05, 0.1) is 13.2 Å². The first-order chi connectivity index (χ1) is 25.9. The number of phenols is 2. The average molecular weight is 733 g/mol. The summed E-state index contributed by atoms with van der Waals surface area (Å²) in [6, 6.07) is 21.7. The minimum atomic E-state index is -0.178. The minimum absolute atomic E-state index is 0.0755. The number of aromatic hydroxyl groups is 2. The third-order valence-electron chi connectivity index (χ3n) is 8.98. The summed E-state index contributed by atoms with van der Waals surface area (Å²) in [7, 11) is 3.68. The largest absolute Gasteiger partial charge is 0.508 e. The number of anilines is 2. The number of benzene rings is 4. The lowest BCUT2D eigenvalue weighted by molar-refractivity contribution is 0.103. The maximum atomic E-state index is 12.6. The molecular weight excluding hydrogens is 677 g/mol. The molecule has 0 bridgehead atoms. The van der Waals surface area contributed by atoms with Gasteiger partial charge in [0.2, 0.25) is 0 Å². The van der Waals surface area contributed by atoms with Crippen LogP contribution >= 0.6 is 0 Å². The van der Waals surface area contributed by atoms with Gasteiger partial charge >= 0.3 is 0 Å². The van der Waals surface area contributed by atoms with Gasteiger partial charge in [-0.3, -0.25) is 9.59 Å². The number of ether oxygens (including phenoxy) is 2. The Morgan fingerprint density at radius 3 is 1.56 bits per heavy atom. The first kappa shape index (κ1) is 42.7. The molecule has 0 aliphatic rings. The Labute approximate surface area is 321 Å². The molecule has 0 aromatic heterocycles. The highest BCUT2D eigenvalue weighted by atomic mass is 16.5. The number of hydrogen-bond acceptors (Lipinski definition) is 8. The number of nitrogens with one attached hydrogen (secondary N) is 2. The molecule has 0 aliphatic heterocycles. The van der Waals surface area contributed by atoms with E-state index in [1.807, 2.05) is 64.3 Å². The second-order valence-electron chi connectivity index (χ2n) is 13.4. The molecule has 0 aliphatic carbocycles. The Balaban J connectivity index is 0.000000291. The van der Waals surface area contributed by atoms with Gasteiger partial charge in [0, 0.05) is 65.4 Å². The number of allylic oxidation sites excluding steroid dienone is 3.